The molecular formula is C13H14ClN5O. The van der Waals surface area contributed by atoms with Crippen molar-refractivity contribution < 1.29 is 5.11 Å². The van der Waals surface area contributed by atoms with Crippen LogP contribution in [0.25, 0.3) is 11.0 Å². The molecule has 2 aromatic rings. The molecule has 0 atom stereocenters. The number of anilines is 1. The van der Waals surface area contributed by atoms with E-state index in [0.29, 0.717) is 34.0 Å². The largest absolute Gasteiger partial charge is 0.405 e. The number of aromatic nitrogens is 2. The van der Waals surface area contributed by atoms with E-state index in [1.165, 1.54) is 12.3 Å². The molecule has 0 radical (unpaired) electrons. The molecule has 0 fully saturated rings. The first kappa shape index (κ1) is 14.2. The molecule has 0 saturated heterocycles. The van der Waals surface area contributed by atoms with E-state index in [2.05, 4.69) is 15.3 Å². The molecule has 0 saturated carbocycles. The Balaban J connectivity index is 2.50. The summed E-state index contributed by atoms with van der Waals surface area (Å²) < 4.78 is 0. The van der Waals surface area contributed by atoms with E-state index in [4.69, 9.17) is 27.9 Å². The number of nitrogens with two attached hydrogens (primary N) is 1. The third kappa shape index (κ3) is 3.04. The van der Waals surface area contributed by atoms with Crippen LogP contribution in [0, 0.1) is 5.41 Å². The number of fused-ring (bicyclic) bond motifs is 1. The van der Waals surface area contributed by atoms with Crippen molar-refractivity contribution in [1.82, 2.24) is 9.97 Å². The first-order valence-corrected chi connectivity index (χ1v) is 6.31. The van der Waals surface area contributed by atoms with Crippen LogP contribution < -0.4 is 11.1 Å². The highest BCUT2D eigenvalue weighted by Gasteiger charge is 2.08. The van der Waals surface area contributed by atoms with Crippen molar-refractivity contribution in [2.45, 2.75) is 0 Å². The van der Waals surface area contributed by atoms with Crippen LogP contribution in [-0.2, 0) is 0 Å². The molecule has 5 N–H and O–H groups in total. The summed E-state index contributed by atoms with van der Waals surface area (Å²) in [5, 5.41) is 20.0. The Hall–Kier alpha value is -2.18. The minimum absolute atomic E-state index is 0.00542. The average molecular weight is 292 g/mol. The first-order valence-electron chi connectivity index (χ1n) is 5.94. The number of aliphatic hydroxyl groups is 1. The summed E-state index contributed by atoms with van der Waals surface area (Å²) in [7, 11) is 0. The normalized spacial score (nSPS) is 11.1. The van der Waals surface area contributed by atoms with Crippen LogP contribution >= 0.6 is 11.6 Å². The molecule has 0 spiro atoms. The zero-order valence-corrected chi connectivity index (χ0v) is 11.4. The lowest BCUT2D eigenvalue weighted by molar-refractivity contribution is 0.311. The van der Waals surface area contributed by atoms with Crippen molar-refractivity contribution in [3.63, 3.8) is 0 Å². The molecule has 104 valence electrons. The van der Waals surface area contributed by atoms with Crippen LogP contribution in [0.5, 0.6) is 0 Å². The third-order valence-corrected chi connectivity index (χ3v) is 2.81. The lowest BCUT2D eigenvalue weighted by atomic mass is 10.1. The Labute approximate surface area is 120 Å². The van der Waals surface area contributed by atoms with E-state index in [-0.39, 0.29) is 12.3 Å². The highest BCUT2D eigenvalue weighted by molar-refractivity contribution is 6.30. The molecule has 2 heterocycles. The van der Waals surface area contributed by atoms with E-state index >= 15 is 0 Å². The fourth-order valence-corrected chi connectivity index (χ4v) is 1.95. The number of hydrogen-bond acceptors (Lipinski definition) is 6. The zero-order chi connectivity index (χ0) is 14.5. The predicted octanol–water partition coefficient (Wildman–Crippen LogP) is 1.53. The molecule has 2 rings (SSSR count). The van der Waals surface area contributed by atoms with Crippen LogP contribution in [0.15, 0.2) is 30.6 Å². The standard InChI is InChI=1S/C13H14ClN5O/c14-12-6-10(17-3-4-20)13-11(19-12)5-8(7-18-13)9(16)1-2-15/h1-2,5-7,16,20H,3-4,15H2,(H,17,19). The lowest BCUT2D eigenvalue weighted by Crippen LogP contribution is -2.07. The van der Waals surface area contributed by atoms with Gasteiger partial charge in [0.25, 0.3) is 0 Å². The lowest BCUT2D eigenvalue weighted by Gasteiger charge is -2.09. The maximum absolute atomic E-state index is 8.87. The minimum Gasteiger partial charge on any atom is -0.405 e. The van der Waals surface area contributed by atoms with Gasteiger partial charge >= 0.3 is 0 Å². The Morgan fingerprint density at radius 3 is 3.00 bits per heavy atom. The quantitative estimate of drug-likeness (QED) is 0.493. The number of nitrogens with zero attached hydrogens (tertiary/aromatic N) is 2. The van der Waals surface area contributed by atoms with Crippen molar-refractivity contribution in [3.8, 4) is 0 Å². The number of hydrogen-bond donors (Lipinski definition) is 4. The van der Waals surface area contributed by atoms with Crippen LogP contribution in [0.2, 0.25) is 5.15 Å². The van der Waals surface area contributed by atoms with Crippen LogP contribution in [-0.4, -0.2) is 33.9 Å². The molecule has 7 heteroatoms. The van der Waals surface area contributed by atoms with Gasteiger partial charge in [-0.1, -0.05) is 11.6 Å². The molecule has 0 aliphatic heterocycles. The summed E-state index contributed by atoms with van der Waals surface area (Å²) in [6.45, 7) is 0.399. The highest BCUT2D eigenvalue weighted by atomic mass is 35.5. The number of pyridine rings is 2. The van der Waals surface area contributed by atoms with E-state index in [9.17, 15) is 0 Å². The Morgan fingerprint density at radius 1 is 1.50 bits per heavy atom. The summed E-state index contributed by atoms with van der Waals surface area (Å²) in [5.41, 5.74) is 8.02. The van der Waals surface area contributed by atoms with Gasteiger partial charge in [-0.05, 0) is 18.3 Å². The Bertz CT molecular complexity index is 671. The second kappa shape index (κ2) is 6.31. The van der Waals surface area contributed by atoms with Gasteiger partial charge in [0.2, 0.25) is 0 Å². The van der Waals surface area contributed by atoms with Crippen molar-refractivity contribution in [2.24, 2.45) is 5.73 Å². The number of nitrogens with one attached hydrogen (secondary N) is 2. The fraction of sp³-hybridized carbons (Fsp3) is 0.154. The molecule has 0 amide bonds. The maximum Gasteiger partial charge on any atom is 0.131 e. The second-order valence-corrected chi connectivity index (χ2v) is 4.39. The van der Waals surface area contributed by atoms with Gasteiger partial charge in [-0.15, -0.1) is 0 Å². The molecule has 0 bridgehead atoms. The van der Waals surface area contributed by atoms with Crippen molar-refractivity contribution in [3.05, 3.63) is 41.3 Å². The smallest absolute Gasteiger partial charge is 0.131 e. The van der Waals surface area contributed by atoms with Crippen molar-refractivity contribution in [2.75, 3.05) is 18.5 Å². The molecule has 0 aliphatic rings. The number of aliphatic hydroxyl groups excluding tert-OH is 1. The van der Waals surface area contributed by atoms with Gasteiger partial charge in [-0.25, -0.2) is 4.98 Å². The predicted molar refractivity (Wildman–Crippen MR) is 80.3 cm³/mol. The van der Waals surface area contributed by atoms with Crippen LogP contribution in [0.1, 0.15) is 5.56 Å². The Kier molecular flexibility index (Phi) is 4.49. The second-order valence-electron chi connectivity index (χ2n) is 4.01. The molecule has 0 aromatic carbocycles. The summed E-state index contributed by atoms with van der Waals surface area (Å²) >= 11 is 5.97. The van der Waals surface area contributed by atoms with Gasteiger partial charge in [0.05, 0.1) is 23.5 Å². The zero-order valence-electron chi connectivity index (χ0n) is 10.6. The SMILES string of the molecule is N=C(C=CN)c1cnc2c(NCCO)cc(Cl)nc2c1. The monoisotopic (exact) mass is 291 g/mol. The minimum atomic E-state index is 0.00542. The molecule has 2 aromatic heterocycles. The van der Waals surface area contributed by atoms with Crippen LogP contribution in [0.4, 0.5) is 5.69 Å². The van der Waals surface area contributed by atoms with Gasteiger partial charge in [0.15, 0.2) is 0 Å². The van der Waals surface area contributed by atoms with E-state index in [1.54, 1.807) is 18.3 Å². The highest BCUT2D eigenvalue weighted by Crippen LogP contribution is 2.24. The topological polar surface area (TPSA) is 108 Å². The Morgan fingerprint density at radius 2 is 2.30 bits per heavy atom. The molecular weight excluding hydrogens is 278 g/mol. The molecule has 0 aliphatic carbocycles. The van der Waals surface area contributed by atoms with Crippen LogP contribution in [0.3, 0.4) is 0 Å². The first-order chi connectivity index (χ1) is 9.65. The third-order valence-electron chi connectivity index (χ3n) is 2.61. The van der Waals surface area contributed by atoms with Gasteiger partial charge in [-0.2, -0.15) is 0 Å². The molecule has 20 heavy (non-hydrogen) atoms. The van der Waals surface area contributed by atoms with Gasteiger partial charge in [0.1, 0.15) is 10.7 Å². The van der Waals surface area contributed by atoms with E-state index in [1.807, 2.05) is 0 Å². The number of halogens is 1. The van der Waals surface area contributed by atoms with Crippen molar-refractivity contribution >= 4 is 34.0 Å². The van der Waals surface area contributed by atoms with Gasteiger partial charge in [0, 0.05) is 24.4 Å². The molecule has 0 unspecified atom stereocenters. The van der Waals surface area contributed by atoms with E-state index < -0.39 is 0 Å². The summed E-state index contributed by atoms with van der Waals surface area (Å²) in [5.74, 6) is 0. The fourth-order valence-electron chi connectivity index (χ4n) is 1.75. The summed E-state index contributed by atoms with van der Waals surface area (Å²) in [6, 6.07) is 3.37. The summed E-state index contributed by atoms with van der Waals surface area (Å²) in [4.78, 5) is 8.49. The van der Waals surface area contributed by atoms with E-state index in [0.717, 1.165) is 0 Å². The van der Waals surface area contributed by atoms with Crippen molar-refractivity contribution in [1.29, 1.82) is 5.41 Å². The summed E-state index contributed by atoms with van der Waals surface area (Å²) in [6.07, 6.45) is 4.34. The van der Waals surface area contributed by atoms with Gasteiger partial charge < -0.3 is 21.6 Å². The number of allylic oxidation sites excluding steroid dienone is 1. The maximum atomic E-state index is 8.87. The number of rotatable bonds is 5. The average Bonchev–Trinajstić information content (AvgIpc) is 2.44. The molecule has 6 nitrogen and oxygen atoms in total. The van der Waals surface area contributed by atoms with Gasteiger partial charge in [-0.3, -0.25) is 4.98 Å².